The van der Waals surface area contributed by atoms with Crippen LogP contribution < -0.4 is 0 Å². The number of rotatable bonds is 10. The summed E-state index contributed by atoms with van der Waals surface area (Å²) in [7, 11) is 0. The average Bonchev–Trinajstić information content (AvgIpc) is 1.59. The molecule has 0 bridgehead atoms. The number of aromatic nitrogens is 6. The third-order valence-corrected chi connectivity index (χ3v) is 20.9. The largest absolute Gasteiger partial charge is 0.306 e. The van der Waals surface area contributed by atoms with Crippen LogP contribution in [0.15, 0.2) is 340 Å². The van der Waals surface area contributed by atoms with E-state index in [0.29, 0.717) is 0 Å². The lowest BCUT2D eigenvalue weighted by atomic mass is 9.92. The molecule has 0 amide bonds. The lowest BCUT2D eigenvalue weighted by Gasteiger charge is -2.30. The predicted molar refractivity (Wildman–Crippen MR) is 407 cm³/mol. The van der Waals surface area contributed by atoms with Crippen molar-refractivity contribution in [2.24, 2.45) is 0 Å². The van der Waals surface area contributed by atoms with Crippen LogP contribution in [0.5, 0.6) is 0 Å². The van der Waals surface area contributed by atoms with E-state index in [-0.39, 0.29) is 0 Å². The Hall–Kier alpha value is -12.7. The lowest BCUT2D eigenvalue weighted by molar-refractivity contribution is 1.02. The van der Waals surface area contributed by atoms with E-state index in [9.17, 15) is 0 Å². The summed E-state index contributed by atoms with van der Waals surface area (Å²) in [6, 6.07) is 121. The van der Waals surface area contributed by atoms with Crippen LogP contribution in [0.25, 0.3) is 186 Å². The highest BCUT2D eigenvalue weighted by Gasteiger charge is 2.37. The third-order valence-electron chi connectivity index (χ3n) is 19.9. The zero-order chi connectivity index (χ0) is 63.7. The smallest absolute Gasteiger partial charge is 0.127 e. The minimum atomic E-state index is 0.880. The maximum Gasteiger partial charge on any atom is 0.127 e. The molecule has 6 aromatic heterocycles. The molecule has 0 radical (unpaired) electrons. The first-order valence-corrected chi connectivity index (χ1v) is 33.8. The van der Waals surface area contributed by atoms with Crippen LogP contribution in [-0.4, -0.2) is 28.2 Å². The number of fused-ring (bicyclic) bond motifs is 13. The zero-order valence-corrected chi connectivity index (χ0v) is 53.2. The lowest BCUT2D eigenvalue weighted by Crippen LogP contribution is -2.16. The fourth-order valence-corrected chi connectivity index (χ4v) is 16.6. The van der Waals surface area contributed by atoms with Crippen LogP contribution in [0.4, 0.5) is 0 Å². The number of thiazole rings is 1. The second-order valence-corrected chi connectivity index (χ2v) is 26.2. The zero-order valence-electron chi connectivity index (χ0n) is 52.4. The standard InChI is InChI=1S/C90H56N6S/c1-5-24-57(25-6-1)61-43-47-79-70(52-61)66-33-13-18-38-75(66)93(79)86-84(65-32-23-51-91-56-65)85(90-92-74-37-17-22-42-83(74)97-90)87(94-76-39-19-14-34-67(76)71-53-62(44-48-80(71)94)58-26-7-2-8-27-58)89(96-78-41-21-16-36-69(78)73-55-64(46-50-82(73)96)60-30-11-4-12-31-60)88(86)95-77-40-20-15-35-68(77)72-54-63(45-49-81(72)95)59-28-9-3-10-29-59/h1-56H. The van der Waals surface area contributed by atoms with Gasteiger partial charge in [0.1, 0.15) is 5.01 Å². The van der Waals surface area contributed by atoms with Crippen LogP contribution in [0.3, 0.4) is 0 Å². The minimum Gasteiger partial charge on any atom is -0.306 e. The molecule has 0 saturated heterocycles. The minimum absolute atomic E-state index is 0.880. The second kappa shape index (κ2) is 22.0. The normalized spacial score (nSPS) is 11.9. The van der Waals surface area contributed by atoms with Crippen LogP contribution in [0.1, 0.15) is 0 Å². The Bertz CT molecular complexity index is 6500. The van der Waals surface area contributed by atoms with E-state index >= 15 is 0 Å². The molecule has 0 N–H and O–H groups in total. The Morgan fingerprint density at radius 2 is 0.536 bits per heavy atom. The van der Waals surface area contributed by atoms with Crippen molar-refractivity contribution in [3.8, 4) is 89.0 Å². The molecule has 0 atom stereocenters. The molecule has 20 rings (SSSR count). The summed E-state index contributed by atoms with van der Waals surface area (Å²) in [5.74, 6) is 0. The van der Waals surface area contributed by atoms with Gasteiger partial charge in [-0.1, -0.05) is 237 Å². The van der Waals surface area contributed by atoms with E-state index in [1.807, 2.05) is 6.20 Å². The summed E-state index contributed by atoms with van der Waals surface area (Å²) in [6.45, 7) is 0. The van der Waals surface area contributed by atoms with Crippen LogP contribution in [-0.2, 0) is 0 Å². The Kier molecular flexibility index (Phi) is 12.4. The molecule has 452 valence electrons. The SMILES string of the molecule is c1ccc(-c2ccc3c(c2)c2ccccc2n3-c2c(-c3cccnc3)c(-c3nc4ccccc4s3)c(-n3c4ccccc4c4cc(-c5ccccc5)ccc43)c(-n3c4ccccc4c4cc(-c5ccccc5)ccc43)c2-n2c3ccccc3c3cc(-c4ccccc4)ccc32)cc1. The summed E-state index contributed by atoms with van der Waals surface area (Å²) >= 11 is 1.74. The molecule has 0 unspecified atom stereocenters. The molecule has 6 nitrogen and oxygen atoms in total. The van der Waals surface area contributed by atoms with Gasteiger partial charge < -0.3 is 18.3 Å². The fraction of sp³-hybridized carbons (Fsp3) is 0. The van der Waals surface area contributed by atoms with Crippen molar-refractivity contribution < 1.29 is 0 Å². The number of benzene rings is 14. The van der Waals surface area contributed by atoms with Gasteiger partial charge >= 0.3 is 0 Å². The van der Waals surface area contributed by atoms with Crippen molar-refractivity contribution in [3.63, 3.8) is 0 Å². The highest BCUT2D eigenvalue weighted by Crippen LogP contribution is 2.56. The van der Waals surface area contributed by atoms with Gasteiger partial charge in [-0.05, 0) is 136 Å². The summed E-state index contributed by atoms with van der Waals surface area (Å²) in [6.07, 6.45) is 3.98. The molecular weight excluding hydrogens is 1200 g/mol. The van der Waals surface area contributed by atoms with Crippen LogP contribution >= 0.6 is 11.3 Å². The van der Waals surface area contributed by atoms with Gasteiger partial charge in [0, 0.05) is 72.2 Å². The Morgan fingerprint density at radius 1 is 0.227 bits per heavy atom. The van der Waals surface area contributed by atoms with Crippen molar-refractivity contribution in [2.45, 2.75) is 0 Å². The van der Waals surface area contributed by atoms with Crippen molar-refractivity contribution >= 4 is 109 Å². The molecule has 0 fully saturated rings. The highest BCUT2D eigenvalue weighted by atomic mass is 32.1. The van der Waals surface area contributed by atoms with Crippen molar-refractivity contribution in [3.05, 3.63) is 340 Å². The van der Waals surface area contributed by atoms with Crippen molar-refractivity contribution in [2.75, 3.05) is 0 Å². The summed E-state index contributed by atoms with van der Waals surface area (Å²) in [4.78, 5) is 11.1. The first-order chi connectivity index (χ1) is 48.2. The van der Waals surface area contributed by atoms with Crippen molar-refractivity contribution in [1.82, 2.24) is 28.2 Å². The van der Waals surface area contributed by atoms with Crippen molar-refractivity contribution in [1.29, 1.82) is 0 Å². The molecule has 0 saturated carbocycles. The number of para-hydroxylation sites is 5. The predicted octanol–water partition coefficient (Wildman–Crippen LogP) is 24.1. The number of hydrogen-bond acceptors (Lipinski definition) is 3. The number of nitrogens with zero attached hydrogens (tertiary/aromatic N) is 6. The summed E-state index contributed by atoms with van der Waals surface area (Å²) < 4.78 is 11.5. The van der Waals surface area contributed by atoms with Gasteiger partial charge in [-0.3, -0.25) is 4.98 Å². The van der Waals surface area contributed by atoms with Crippen LogP contribution in [0.2, 0.25) is 0 Å². The van der Waals surface area contributed by atoms with Gasteiger partial charge in [0.05, 0.1) is 77.1 Å². The maximum absolute atomic E-state index is 5.93. The van der Waals surface area contributed by atoms with Gasteiger partial charge in [0.2, 0.25) is 0 Å². The number of pyridine rings is 1. The number of hydrogen-bond donors (Lipinski definition) is 0. The van der Waals surface area contributed by atoms with E-state index in [1.54, 1.807) is 11.3 Å². The molecule has 97 heavy (non-hydrogen) atoms. The first-order valence-electron chi connectivity index (χ1n) is 33.0. The summed E-state index contributed by atoms with van der Waals surface area (Å²) in [5, 5.41) is 10.0. The Labute approximate surface area is 562 Å². The van der Waals surface area contributed by atoms with E-state index in [0.717, 1.165) is 186 Å². The van der Waals surface area contributed by atoms with E-state index < -0.39 is 0 Å². The van der Waals surface area contributed by atoms with E-state index in [2.05, 4.69) is 352 Å². The molecule has 0 spiro atoms. The van der Waals surface area contributed by atoms with Gasteiger partial charge in [-0.2, -0.15) is 0 Å². The van der Waals surface area contributed by atoms with Crippen LogP contribution in [0, 0.1) is 0 Å². The molecular formula is C90H56N6S. The fourth-order valence-electron chi connectivity index (χ4n) is 15.6. The quantitative estimate of drug-likeness (QED) is 0.137. The highest BCUT2D eigenvalue weighted by molar-refractivity contribution is 7.21. The van der Waals surface area contributed by atoms with E-state index in [4.69, 9.17) is 9.97 Å². The summed E-state index contributed by atoms with van der Waals surface area (Å²) in [5.41, 5.74) is 25.5. The van der Waals surface area contributed by atoms with E-state index in [1.165, 1.54) is 0 Å². The van der Waals surface area contributed by atoms with Gasteiger partial charge in [0.15, 0.2) is 0 Å². The molecule has 7 heteroatoms. The molecule has 20 aromatic rings. The Balaban J connectivity index is 1.09. The second-order valence-electron chi connectivity index (χ2n) is 25.2. The molecule has 0 aliphatic heterocycles. The average molecular weight is 1250 g/mol. The molecule has 0 aliphatic rings. The molecule has 6 heterocycles. The first kappa shape index (κ1) is 54.8. The third kappa shape index (κ3) is 8.52. The van der Waals surface area contributed by atoms with Gasteiger partial charge in [-0.25, -0.2) is 4.98 Å². The molecule has 14 aromatic carbocycles. The van der Waals surface area contributed by atoms with Gasteiger partial charge in [-0.15, -0.1) is 11.3 Å². The maximum atomic E-state index is 5.93. The van der Waals surface area contributed by atoms with Gasteiger partial charge in [0.25, 0.3) is 0 Å². The monoisotopic (exact) mass is 1250 g/mol. The Morgan fingerprint density at radius 3 is 0.897 bits per heavy atom. The molecule has 0 aliphatic carbocycles. The topological polar surface area (TPSA) is 45.5 Å².